The number of halogens is 2. The van der Waals surface area contributed by atoms with Crippen LogP contribution < -0.4 is 5.73 Å². The second kappa shape index (κ2) is 8.88. The number of nitrogens with two attached hydrogens (primary N) is 1. The highest BCUT2D eigenvalue weighted by atomic mass is 35.5. The molecule has 0 spiro atoms. The van der Waals surface area contributed by atoms with Crippen LogP contribution in [0.1, 0.15) is 24.8 Å². The summed E-state index contributed by atoms with van der Waals surface area (Å²) in [6, 6.07) is 7.53. The summed E-state index contributed by atoms with van der Waals surface area (Å²) in [4.78, 5) is 28.7. The van der Waals surface area contributed by atoms with Crippen LogP contribution in [0.25, 0.3) is 0 Å². The summed E-state index contributed by atoms with van der Waals surface area (Å²) >= 11 is 6.00. The van der Waals surface area contributed by atoms with Crippen LogP contribution in [0.5, 0.6) is 0 Å². The third kappa shape index (κ3) is 4.66. The van der Waals surface area contributed by atoms with E-state index in [1.165, 1.54) is 0 Å². The summed E-state index contributed by atoms with van der Waals surface area (Å²) in [5.74, 6) is 0.384. The number of carbonyl (C=O) groups is 2. The molecule has 3 rings (SSSR count). The van der Waals surface area contributed by atoms with E-state index in [9.17, 15) is 9.59 Å². The van der Waals surface area contributed by atoms with E-state index in [0.29, 0.717) is 31.2 Å². The molecule has 2 N–H and O–H groups in total. The number of amides is 2. The van der Waals surface area contributed by atoms with Crippen LogP contribution in [-0.2, 0) is 16.1 Å². The van der Waals surface area contributed by atoms with Crippen molar-refractivity contribution in [1.29, 1.82) is 0 Å². The smallest absolute Gasteiger partial charge is 0.242 e. The van der Waals surface area contributed by atoms with Crippen LogP contribution in [0.15, 0.2) is 24.3 Å². The van der Waals surface area contributed by atoms with Crippen LogP contribution in [-0.4, -0.2) is 47.8 Å². The number of hydrogen-bond acceptors (Lipinski definition) is 3. The van der Waals surface area contributed by atoms with Crippen LogP contribution in [0.3, 0.4) is 0 Å². The van der Waals surface area contributed by atoms with Gasteiger partial charge in [0.2, 0.25) is 11.8 Å². The molecule has 2 fully saturated rings. The van der Waals surface area contributed by atoms with Gasteiger partial charge >= 0.3 is 0 Å². The largest absolute Gasteiger partial charge is 0.335 e. The Morgan fingerprint density at radius 1 is 1.28 bits per heavy atom. The molecule has 2 atom stereocenters. The quantitative estimate of drug-likeness (QED) is 0.864. The molecule has 7 heteroatoms. The van der Waals surface area contributed by atoms with Gasteiger partial charge in [-0.05, 0) is 43.0 Å². The van der Waals surface area contributed by atoms with Crippen molar-refractivity contribution in [2.45, 2.75) is 25.8 Å². The first-order valence-corrected chi connectivity index (χ1v) is 8.97. The Kier molecular flexibility index (Phi) is 7.11. The van der Waals surface area contributed by atoms with E-state index < -0.39 is 0 Å². The van der Waals surface area contributed by atoms with Crippen LogP contribution in [0, 0.1) is 11.8 Å². The minimum Gasteiger partial charge on any atom is -0.335 e. The lowest BCUT2D eigenvalue weighted by Crippen LogP contribution is -2.53. The van der Waals surface area contributed by atoms with Crippen molar-refractivity contribution >= 4 is 35.8 Å². The summed E-state index contributed by atoms with van der Waals surface area (Å²) in [5.41, 5.74) is 6.79. The number of piperazine rings is 1. The molecule has 0 bridgehead atoms. The molecule has 1 saturated heterocycles. The normalized spacial score (nSPS) is 23.5. The molecule has 2 amide bonds. The summed E-state index contributed by atoms with van der Waals surface area (Å²) < 4.78 is 0. The SMILES string of the molecule is Cl.NC[C@H]1CCC[C@H]1C(=O)N1CCN(Cc2cccc(Cl)c2)C(=O)C1. The number of benzene rings is 1. The van der Waals surface area contributed by atoms with Crippen LogP contribution in [0.4, 0.5) is 0 Å². The molecule has 0 unspecified atom stereocenters. The molecule has 1 heterocycles. The van der Waals surface area contributed by atoms with Crippen molar-refractivity contribution in [3.63, 3.8) is 0 Å². The van der Waals surface area contributed by atoms with Crippen molar-refractivity contribution in [3.05, 3.63) is 34.9 Å². The Morgan fingerprint density at radius 3 is 2.76 bits per heavy atom. The summed E-state index contributed by atoms with van der Waals surface area (Å²) in [6.07, 6.45) is 2.98. The van der Waals surface area contributed by atoms with E-state index in [4.69, 9.17) is 17.3 Å². The Hall–Kier alpha value is -1.30. The fourth-order valence-electron chi connectivity index (χ4n) is 3.80. The number of hydrogen-bond donors (Lipinski definition) is 1. The van der Waals surface area contributed by atoms with Crippen molar-refractivity contribution < 1.29 is 9.59 Å². The zero-order chi connectivity index (χ0) is 17.1. The molecule has 5 nitrogen and oxygen atoms in total. The van der Waals surface area contributed by atoms with Gasteiger partial charge in [-0.25, -0.2) is 0 Å². The van der Waals surface area contributed by atoms with Gasteiger partial charge in [-0.3, -0.25) is 9.59 Å². The van der Waals surface area contributed by atoms with Crippen LogP contribution in [0.2, 0.25) is 5.02 Å². The van der Waals surface area contributed by atoms with Gasteiger partial charge in [0, 0.05) is 30.6 Å². The molecule has 2 aliphatic rings. The van der Waals surface area contributed by atoms with Gasteiger partial charge in [0.25, 0.3) is 0 Å². The fraction of sp³-hybridized carbons (Fsp3) is 0.556. The second-order valence-electron chi connectivity index (χ2n) is 6.74. The highest BCUT2D eigenvalue weighted by molar-refractivity contribution is 6.30. The van der Waals surface area contributed by atoms with Gasteiger partial charge in [0.15, 0.2) is 0 Å². The lowest BCUT2D eigenvalue weighted by molar-refractivity contribution is -0.148. The van der Waals surface area contributed by atoms with E-state index in [1.807, 2.05) is 24.3 Å². The maximum absolute atomic E-state index is 12.7. The second-order valence-corrected chi connectivity index (χ2v) is 7.17. The molecular weight excluding hydrogens is 361 g/mol. The van der Waals surface area contributed by atoms with Crippen molar-refractivity contribution in [2.24, 2.45) is 17.6 Å². The molecule has 1 aliphatic heterocycles. The number of carbonyl (C=O) groups excluding carboxylic acids is 2. The van der Waals surface area contributed by atoms with Crippen molar-refractivity contribution in [1.82, 2.24) is 9.80 Å². The third-order valence-corrected chi connectivity index (χ3v) is 5.41. The van der Waals surface area contributed by atoms with Crippen LogP contribution >= 0.6 is 24.0 Å². The molecule has 0 aromatic heterocycles. The first kappa shape index (κ1) is 20.0. The van der Waals surface area contributed by atoms with E-state index in [1.54, 1.807) is 9.80 Å². The molecule has 25 heavy (non-hydrogen) atoms. The Labute approximate surface area is 159 Å². The van der Waals surface area contributed by atoms with Gasteiger partial charge in [0.1, 0.15) is 0 Å². The molecular formula is C18H25Cl2N3O2. The minimum absolute atomic E-state index is 0. The first-order chi connectivity index (χ1) is 11.6. The summed E-state index contributed by atoms with van der Waals surface area (Å²) in [7, 11) is 0. The van der Waals surface area contributed by atoms with Gasteiger partial charge in [-0.1, -0.05) is 30.2 Å². The molecule has 1 aliphatic carbocycles. The van der Waals surface area contributed by atoms with Crippen molar-refractivity contribution in [2.75, 3.05) is 26.2 Å². The lowest BCUT2D eigenvalue weighted by Gasteiger charge is -2.36. The number of nitrogens with zero attached hydrogens (tertiary/aromatic N) is 2. The Balaban J connectivity index is 0.00000225. The van der Waals surface area contributed by atoms with Gasteiger partial charge in [-0.15, -0.1) is 12.4 Å². The average Bonchev–Trinajstić information content (AvgIpc) is 3.04. The number of rotatable bonds is 4. The van der Waals surface area contributed by atoms with Gasteiger partial charge in [-0.2, -0.15) is 0 Å². The average molecular weight is 386 g/mol. The minimum atomic E-state index is -0.00290. The predicted octanol–water partition coefficient (Wildman–Crippen LogP) is 2.31. The van der Waals surface area contributed by atoms with Gasteiger partial charge in [0.05, 0.1) is 6.54 Å². The van der Waals surface area contributed by atoms with E-state index in [2.05, 4.69) is 0 Å². The Bertz CT molecular complexity index is 626. The Morgan fingerprint density at radius 2 is 2.08 bits per heavy atom. The molecule has 0 radical (unpaired) electrons. The highest BCUT2D eigenvalue weighted by Gasteiger charge is 2.37. The zero-order valence-electron chi connectivity index (χ0n) is 14.2. The summed E-state index contributed by atoms with van der Waals surface area (Å²) in [5, 5.41) is 0.669. The van der Waals surface area contributed by atoms with E-state index in [-0.39, 0.29) is 42.6 Å². The zero-order valence-corrected chi connectivity index (χ0v) is 15.8. The maximum atomic E-state index is 12.7. The van der Waals surface area contributed by atoms with E-state index >= 15 is 0 Å². The lowest BCUT2D eigenvalue weighted by atomic mass is 9.94. The topological polar surface area (TPSA) is 66.6 Å². The van der Waals surface area contributed by atoms with E-state index in [0.717, 1.165) is 24.8 Å². The maximum Gasteiger partial charge on any atom is 0.242 e. The highest BCUT2D eigenvalue weighted by Crippen LogP contribution is 2.32. The molecule has 138 valence electrons. The van der Waals surface area contributed by atoms with Crippen molar-refractivity contribution in [3.8, 4) is 0 Å². The molecule has 1 aromatic rings. The molecule has 1 aromatic carbocycles. The first-order valence-electron chi connectivity index (χ1n) is 8.59. The third-order valence-electron chi connectivity index (χ3n) is 5.17. The van der Waals surface area contributed by atoms with Gasteiger partial charge < -0.3 is 15.5 Å². The standard InChI is InChI=1S/C18H24ClN3O2.ClH/c19-15-5-1-3-13(9-15)11-21-7-8-22(12-17(21)23)18(24)16-6-2-4-14(16)10-20;/h1,3,5,9,14,16H,2,4,6-8,10-12,20H2;1H/t14-,16-;/m1./s1. The molecule has 1 saturated carbocycles. The predicted molar refractivity (Wildman–Crippen MR) is 101 cm³/mol. The fourth-order valence-corrected chi connectivity index (χ4v) is 4.01. The monoisotopic (exact) mass is 385 g/mol. The summed E-state index contributed by atoms with van der Waals surface area (Å²) in [6.45, 7) is 2.43.